The summed E-state index contributed by atoms with van der Waals surface area (Å²) in [5.41, 5.74) is -0.829. The van der Waals surface area contributed by atoms with Gasteiger partial charge >= 0.3 is 5.69 Å². The minimum Gasteiger partial charge on any atom is -0.388 e. The summed E-state index contributed by atoms with van der Waals surface area (Å²) in [6.07, 6.45) is -2.40. The maximum Gasteiger partial charge on any atom is 0.330 e. The topological polar surface area (TPSA) is 123 Å². The first-order valence-electron chi connectivity index (χ1n) is 7.82. The van der Waals surface area contributed by atoms with Crippen molar-refractivity contribution in [1.82, 2.24) is 14.9 Å². The van der Waals surface area contributed by atoms with Gasteiger partial charge in [0.05, 0.1) is 6.10 Å². The van der Waals surface area contributed by atoms with E-state index in [4.69, 9.17) is 9.47 Å². The lowest BCUT2D eigenvalue weighted by Crippen LogP contribution is -2.43. The number of carbonyl (C=O) groups excluding carboxylic acids is 1. The Morgan fingerprint density at radius 2 is 2.21 bits per heavy atom. The van der Waals surface area contributed by atoms with E-state index in [9.17, 15) is 19.5 Å². The number of hydrogen-bond donors (Lipinski definition) is 3. The highest BCUT2D eigenvalue weighted by molar-refractivity contribution is 5.79. The third-order valence-corrected chi connectivity index (χ3v) is 4.11. The number of aliphatic hydroxyl groups is 1. The normalized spacial score (nSPS) is 27.9. The van der Waals surface area contributed by atoms with Crippen LogP contribution in [0.25, 0.3) is 0 Å². The second-order valence-electron chi connectivity index (χ2n) is 5.80. The molecule has 2 heterocycles. The van der Waals surface area contributed by atoms with Crippen molar-refractivity contribution in [3.63, 3.8) is 0 Å². The van der Waals surface area contributed by atoms with Crippen molar-refractivity contribution in [3.8, 4) is 0 Å². The number of amides is 1. The Kier molecular flexibility index (Phi) is 5.58. The van der Waals surface area contributed by atoms with E-state index in [-0.39, 0.29) is 5.91 Å². The predicted molar refractivity (Wildman–Crippen MR) is 84.7 cm³/mol. The number of aromatic amines is 1. The van der Waals surface area contributed by atoms with Crippen molar-refractivity contribution in [2.45, 2.75) is 57.8 Å². The molecular weight excluding hydrogens is 318 g/mol. The van der Waals surface area contributed by atoms with Gasteiger partial charge in [0.1, 0.15) is 18.3 Å². The number of likely N-dealkylation sites (N-methyl/N-ethyl adjacent to an activating group) is 1. The fourth-order valence-corrected chi connectivity index (χ4v) is 2.70. The molecule has 1 aliphatic heterocycles. The molecule has 0 bridgehead atoms. The van der Waals surface area contributed by atoms with Gasteiger partial charge in [0, 0.05) is 18.8 Å². The largest absolute Gasteiger partial charge is 0.388 e. The van der Waals surface area contributed by atoms with E-state index in [1.165, 1.54) is 17.8 Å². The first-order valence-corrected chi connectivity index (χ1v) is 7.82. The van der Waals surface area contributed by atoms with Crippen LogP contribution in [0.5, 0.6) is 0 Å². The number of aromatic nitrogens is 2. The Morgan fingerprint density at radius 1 is 1.54 bits per heavy atom. The number of aryl methyl sites for hydroxylation is 1. The van der Waals surface area contributed by atoms with Crippen LogP contribution >= 0.6 is 0 Å². The third kappa shape index (κ3) is 3.42. The van der Waals surface area contributed by atoms with Crippen molar-refractivity contribution in [3.05, 3.63) is 32.6 Å². The number of rotatable bonds is 5. The molecule has 1 aromatic heterocycles. The second kappa shape index (κ2) is 7.29. The smallest absolute Gasteiger partial charge is 0.330 e. The van der Waals surface area contributed by atoms with Gasteiger partial charge in [0.15, 0.2) is 6.23 Å². The molecule has 1 aliphatic rings. The molecule has 24 heavy (non-hydrogen) atoms. The quantitative estimate of drug-likeness (QED) is 0.633. The summed E-state index contributed by atoms with van der Waals surface area (Å²) in [7, 11) is 1.48. The maximum absolute atomic E-state index is 12.1. The molecule has 0 aliphatic carbocycles. The van der Waals surface area contributed by atoms with Crippen molar-refractivity contribution >= 4 is 5.91 Å². The van der Waals surface area contributed by atoms with Gasteiger partial charge in [-0.3, -0.25) is 19.1 Å². The molecule has 1 unspecified atom stereocenters. The summed E-state index contributed by atoms with van der Waals surface area (Å²) >= 11 is 0. The Balaban J connectivity index is 2.38. The molecule has 0 aromatic carbocycles. The molecule has 1 aromatic rings. The first kappa shape index (κ1) is 18.4. The Bertz CT molecular complexity index is 712. The number of H-pyrrole nitrogens is 1. The number of aliphatic hydroxyl groups excluding tert-OH is 1. The van der Waals surface area contributed by atoms with Gasteiger partial charge < -0.3 is 19.9 Å². The lowest BCUT2D eigenvalue weighted by Gasteiger charge is -2.25. The molecular formula is C15H23N3O6. The molecule has 0 radical (unpaired) electrons. The molecule has 0 saturated carbocycles. The number of ether oxygens (including phenoxy) is 2. The van der Waals surface area contributed by atoms with Crippen LogP contribution in [-0.2, 0) is 14.3 Å². The van der Waals surface area contributed by atoms with Gasteiger partial charge in [-0.15, -0.1) is 0 Å². The van der Waals surface area contributed by atoms with Crippen molar-refractivity contribution < 1.29 is 19.4 Å². The van der Waals surface area contributed by atoms with Gasteiger partial charge in [-0.1, -0.05) is 6.92 Å². The average Bonchev–Trinajstić information content (AvgIpc) is 2.86. The Morgan fingerprint density at radius 3 is 2.79 bits per heavy atom. The number of hydrogen-bond acceptors (Lipinski definition) is 6. The number of carbonyl (C=O) groups is 1. The maximum atomic E-state index is 12.1. The summed E-state index contributed by atoms with van der Waals surface area (Å²) in [5.74, 6) is -0.356. The zero-order valence-corrected chi connectivity index (χ0v) is 14.1. The van der Waals surface area contributed by atoms with Crippen LogP contribution in [0.1, 0.15) is 32.1 Å². The highest BCUT2D eigenvalue weighted by Crippen LogP contribution is 2.33. The van der Waals surface area contributed by atoms with Crippen LogP contribution in [0.3, 0.4) is 0 Å². The van der Waals surface area contributed by atoms with Crippen LogP contribution in [0.15, 0.2) is 15.8 Å². The van der Waals surface area contributed by atoms with Gasteiger partial charge in [-0.05, 0) is 20.3 Å². The van der Waals surface area contributed by atoms with Gasteiger partial charge in [0.2, 0.25) is 5.91 Å². The van der Waals surface area contributed by atoms with E-state index in [1.807, 2.05) is 6.92 Å². The highest BCUT2D eigenvalue weighted by Gasteiger charge is 2.46. The Labute approximate surface area is 138 Å². The van der Waals surface area contributed by atoms with Gasteiger partial charge in [-0.2, -0.15) is 0 Å². The van der Waals surface area contributed by atoms with Crippen LogP contribution in [0.2, 0.25) is 0 Å². The summed E-state index contributed by atoms with van der Waals surface area (Å²) < 4.78 is 12.6. The van der Waals surface area contributed by atoms with Crippen LogP contribution in [-0.4, -0.2) is 52.0 Å². The summed E-state index contributed by atoms with van der Waals surface area (Å²) in [5, 5.41) is 12.9. The van der Waals surface area contributed by atoms with Crippen molar-refractivity contribution in [2.75, 3.05) is 7.05 Å². The lowest BCUT2D eigenvalue weighted by molar-refractivity contribution is -0.144. The van der Waals surface area contributed by atoms with E-state index in [0.717, 1.165) is 0 Å². The SMILES string of the molecule is CC[C@H]1O[C@@H](n2cc(C)c(=O)[nH]c2=O)C(O[C@H](C)C(=O)NC)[C@H]1O. The minimum atomic E-state index is -1.01. The van der Waals surface area contributed by atoms with Crippen LogP contribution in [0, 0.1) is 6.92 Å². The van der Waals surface area contributed by atoms with E-state index in [0.29, 0.717) is 12.0 Å². The highest BCUT2D eigenvalue weighted by atomic mass is 16.6. The zero-order chi connectivity index (χ0) is 18.0. The number of nitrogens with one attached hydrogen (secondary N) is 2. The molecule has 9 nitrogen and oxygen atoms in total. The third-order valence-electron chi connectivity index (χ3n) is 4.11. The molecule has 1 fully saturated rings. The molecule has 9 heteroatoms. The zero-order valence-electron chi connectivity index (χ0n) is 14.1. The minimum absolute atomic E-state index is 0.325. The molecule has 0 spiro atoms. The fourth-order valence-electron chi connectivity index (χ4n) is 2.70. The molecule has 2 rings (SSSR count). The average molecular weight is 341 g/mol. The molecule has 1 amide bonds. The van der Waals surface area contributed by atoms with Crippen LogP contribution < -0.4 is 16.6 Å². The Hall–Kier alpha value is -1.97. The summed E-state index contributed by atoms with van der Waals surface area (Å²) in [4.78, 5) is 37.5. The number of nitrogens with zero attached hydrogens (tertiary/aromatic N) is 1. The van der Waals surface area contributed by atoms with E-state index in [1.54, 1.807) is 13.8 Å². The summed E-state index contributed by atoms with van der Waals surface area (Å²) in [6, 6.07) is 0. The van der Waals surface area contributed by atoms with E-state index in [2.05, 4.69) is 10.3 Å². The fraction of sp³-hybridized carbons (Fsp3) is 0.667. The van der Waals surface area contributed by atoms with Gasteiger partial charge in [-0.25, -0.2) is 4.79 Å². The summed E-state index contributed by atoms with van der Waals surface area (Å²) in [6.45, 7) is 4.93. The van der Waals surface area contributed by atoms with Crippen molar-refractivity contribution in [1.29, 1.82) is 0 Å². The van der Waals surface area contributed by atoms with E-state index < -0.39 is 41.9 Å². The molecule has 5 atom stereocenters. The standard InChI is InChI=1S/C15H23N3O6/c1-5-9-10(19)11(23-8(3)13(21)16-4)14(24-9)18-6-7(2)12(20)17-15(18)22/h6,8-11,14,19H,5H2,1-4H3,(H,16,21)(H,17,20,22)/t8-,9-,10+,11?,14-/m1/s1. The monoisotopic (exact) mass is 341 g/mol. The van der Waals surface area contributed by atoms with Gasteiger partial charge in [0.25, 0.3) is 5.56 Å². The van der Waals surface area contributed by atoms with Crippen molar-refractivity contribution in [2.24, 2.45) is 0 Å². The first-order chi connectivity index (χ1) is 11.3. The predicted octanol–water partition coefficient (Wildman–Crippen LogP) is -0.967. The molecule has 134 valence electrons. The van der Waals surface area contributed by atoms with E-state index >= 15 is 0 Å². The molecule has 1 saturated heterocycles. The lowest BCUT2D eigenvalue weighted by atomic mass is 10.1. The molecule has 3 N–H and O–H groups in total. The van der Waals surface area contributed by atoms with Crippen LogP contribution in [0.4, 0.5) is 0 Å². The second-order valence-corrected chi connectivity index (χ2v) is 5.80.